The molecule has 0 bridgehead atoms. The van der Waals surface area contributed by atoms with Crippen LogP contribution < -0.4 is 5.32 Å². The molecule has 0 radical (unpaired) electrons. The predicted molar refractivity (Wildman–Crippen MR) is 57.5 cm³/mol. The highest BCUT2D eigenvalue weighted by atomic mass is 16.3. The summed E-state index contributed by atoms with van der Waals surface area (Å²) in [5.41, 5.74) is 0.846. The third-order valence-electron chi connectivity index (χ3n) is 2.13. The molecule has 0 aliphatic heterocycles. The van der Waals surface area contributed by atoms with E-state index in [-0.39, 0.29) is 5.91 Å². The van der Waals surface area contributed by atoms with Gasteiger partial charge in [-0.15, -0.1) is 0 Å². The SMILES string of the molecule is CCCCNC(=O)CCc1coc(C)n1. The summed E-state index contributed by atoms with van der Waals surface area (Å²) < 4.78 is 5.05. The van der Waals surface area contributed by atoms with Crippen LogP contribution in [0.1, 0.15) is 37.8 Å². The molecule has 0 saturated carbocycles. The average molecular weight is 210 g/mol. The highest BCUT2D eigenvalue weighted by molar-refractivity contribution is 5.76. The molecule has 0 atom stereocenters. The van der Waals surface area contributed by atoms with Gasteiger partial charge in [0.15, 0.2) is 5.89 Å². The summed E-state index contributed by atoms with van der Waals surface area (Å²) in [5.74, 6) is 0.737. The van der Waals surface area contributed by atoms with Crippen molar-refractivity contribution in [2.45, 2.75) is 39.5 Å². The van der Waals surface area contributed by atoms with Gasteiger partial charge in [-0.3, -0.25) is 4.79 Å². The highest BCUT2D eigenvalue weighted by Gasteiger charge is 2.04. The second kappa shape index (κ2) is 6.22. The molecule has 1 aromatic heterocycles. The molecule has 0 fully saturated rings. The molecule has 4 heteroatoms. The largest absolute Gasteiger partial charge is 0.449 e. The van der Waals surface area contributed by atoms with Gasteiger partial charge < -0.3 is 9.73 Å². The Morgan fingerprint density at radius 2 is 2.40 bits per heavy atom. The van der Waals surface area contributed by atoms with Crippen molar-refractivity contribution < 1.29 is 9.21 Å². The van der Waals surface area contributed by atoms with E-state index in [0.717, 1.165) is 25.1 Å². The molecular formula is C11H18N2O2. The number of hydrogen-bond donors (Lipinski definition) is 1. The minimum atomic E-state index is 0.0871. The monoisotopic (exact) mass is 210 g/mol. The molecule has 4 nitrogen and oxygen atoms in total. The lowest BCUT2D eigenvalue weighted by molar-refractivity contribution is -0.121. The van der Waals surface area contributed by atoms with Crippen molar-refractivity contribution in [1.82, 2.24) is 10.3 Å². The maximum atomic E-state index is 11.3. The molecule has 1 rings (SSSR count). The third kappa shape index (κ3) is 4.63. The summed E-state index contributed by atoms with van der Waals surface area (Å²) in [5, 5.41) is 2.86. The van der Waals surface area contributed by atoms with Crippen molar-refractivity contribution in [3.05, 3.63) is 17.8 Å². The first kappa shape index (κ1) is 11.8. The zero-order valence-corrected chi connectivity index (χ0v) is 9.38. The van der Waals surface area contributed by atoms with Crippen molar-refractivity contribution >= 4 is 5.91 Å². The van der Waals surface area contributed by atoms with Crippen LogP contribution >= 0.6 is 0 Å². The van der Waals surface area contributed by atoms with Gasteiger partial charge in [0.25, 0.3) is 0 Å². The molecular weight excluding hydrogens is 192 g/mol. The summed E-state index contributed by atoms with van der Waals surface area (Å²) in [6.07, 6.45) is 4.87. The number of rotatable bonds is 6. The van der Waals surface area contributed by atoms with E-state index in [0.29, 0.717) is 18.7 Å². The second-order valence-electron chi connectivity index (χ2n) is 3.56. The van der Waals surface area contributed by atoms with Crippen LogP contribution in [-0.2, 0) is 11.2 Å². The summed E-state index contributed by atoms with van der Waals surface area (Å²) in [7, 11) is 0. The fraction of sp³-hybridized carbons (Fsp3) is 0.636. The van der Waals surface area contributed by atoms with Crippen molar-refractivity contribution in [3.63, 3.8) is 0 Å². The first-order chi connectivity index (χ1) is 7.22. The van der Waals surface area contributed by atoms with E-state index >= 15 is 0 Å². The normalized spacial score (nSPS) is 10.3. The van der Waals surface area contributed by atoms with E-state index in [2.05, 4.69) is 17.2 Å². The summed E-state index contributed by atoms with van der Waals surface area (Å²) in [6, 6.07) is 0. The molecule has 0 aliphatic rings. The van der Waals surface area contributed by atoms with Crippen LogP contribution in [0.25, 0.3) is 0 Å². The van der Waals surface area contributed by atoms with Crippen molar-refractivity contribution in [2.24, 2.45) is 0 Å². The lowest BCUT2D eigenvalue weighted by Gasteiger charge is -2.02. The number of nitrogens with one attached hydrogen (secondary N) is 1. The molecule has 0 aromatic carbocycles. The smallest absolute Gasteiger partial charge is 0.220 e. The number of carbonyl (C=O) groups excluding carboxylic acids is 1. The van der Waals surface area contributed by atoms with E-state index < -0.39 is 0 Å². The Balaban J connectivity index is 2.16. The third-order valence-corrected chi connectivity index (χ3v) is 2.13. The van der Waals surface area contributed by atoms with Crippen molar-refractivity contribution in [1.29, 1.82) is 0 Å². The van der Waals surface area contributed by atoms with E-state index in [4.69, 9.17) is 4.42 Å². The van der Waals surface area contributed by atoms with Crippen LogP contribution in [-0.4, -0.2) is 17.4 Å². The van der Waals surface area contributed by atoms with E-state index in [1.54, 1.807) is 13.2 Å². The topological polar surface area (TPSA) is 55.1 Å². The first-order valence-electron chi connectivity index (χ1n) is 5.40. The lowest BCUT2D eigenvalue weighted by atomic mass is 10.2. The van der Waals surface area contributed by atoms with Crippen molar-refractivity contribution in [2.75, 3.05) is 6.54 Å². The zero-order chi connectivity index (χ0) is 11.1. The molecule has 0 saturated heterocycles. The number of aryl methyl sites for hydroxylation is 2. The Morgan fingerprint density at radius 3 is 3.00 bits per heavy atom. The number of unbranched alkanes of at least 4 members (excludes halogenated alkanes) is 1. The van der Waals surface area contributed by atoms with Gasteiger partial charge in [0.05, 0.1) is 5.69 Å². The number of oxazole rings is 1. The first-order valence-corrected chi connectivity index (χ1v) is 5.40. The number of nitrogens with zero attached hydrogens (tertiary/aromatic N) is 1. The summed E-state index contributed by atoms with van der Waals surface area (Å²) >= 11 is 0. The molecule has 0 aliphatic carbocycles. The van der Waals surface area contributed by atoms with Gasteiger partial charge in [-0.2, -0.15) is 0 Å². The molecule has 1 heterocycles. The molecule has 15 heavy (non-hydrogen) atoms. The summed E-state index contributed by atoms with van der Waals surface area (Å²) in [6.45, 7) is 4.67. The van der Waals surface area contributed by atoms with Gasteiger partial charge >= 0.3 is 0 Å². The fourth-order valence-electron chi connectivity index (χ4n) is 1.26. The molecule has 84 valence electrons. The summed E-state index contributed by atoms with van der Waals surface area (Å²) in [4.78, 5) is 15.5. The Bertz CT molecular complexity index is 307. The standard InChI is InChI=1S/C11H18N2O2/c1-3-4-7-12-11(14)6-5-10-8-15-9(2)13-10/h8H,3-7H2,1-2H3,(H,12,14). The van der Waals surface area contributed by atoms with Gasteiger partial charge in [0.1, 0.15) is 6.26 Å². The Hall–Kier alpha value is -1.32. The van der Waals surface area contributed by atoms with Crippen LogP contribution in [0, 0.1) is 6.92 Å². The molecule has 1 N–H and O–H groups in total. The van der Waals surface area contributed by atoms with Crippen LogP contribution in [0.3, 0.4) is 0 Å². The van der Waals surface area contributed by atoms with Gasteiger partial charge in [-0.05, 0) is 6.42 Å². The molecule has 0 spiro atoms. The van der Waals surface area contributed by atoms with Gasteiger partial charge in [-0.1, -0.05) is 13.3 Å². The number of amides is 1. The van der Waals surface area contributed by atoms with E-state index in [1.807, 2.05) is 0 Å². The van der Waals surface area contributed by atoms with Crippen LogP contribution in [0.2, 0.25) is 0 Å². The predicted octanol–water partition coefficient (Wildman–Crippen LogP) is 1.83. The fourth-order valence-corrected chi connectivity index (χ4v) is 1.26. The minimum absolute atomic E-state index is 0.0871. The minimum Gasteiger partial charge on any atom is -0.449 e. The second-order valence-corrected chi connectivity index (χ2v) is 3.56. The van der Waals surface area contributed by atoms with E-state index in [1.165, 1.54) is 0 Å². The Kier molecular flexibility index (Phi) is 4.87. The van der Waals surface area contributed by atoms with Crippen LogP contribution in [0.15, 0.2) is 10.7 Å². The lowest BCUT2D eigenvalue weighted by Crippen LogP contribution is -2.24. The maximum absolute atomic E-state index is 11.3. The number of hydrogen-bond acceptors (Lipinski definition) is 3. The Morgan fingerprint density at radius 1 is 1.60 bits per heavy atom. The number of carbonyl (C=O) groups is 1. The van der Waals surface area contributed by atoms with Crippen molar-refractivity contribution in [3.8, 4) is 0 Å². The van der Waals surface area contributed by atoms with E-state index in [9.17, 15) is 4.79 Å². The van der Waals surface area contributed by atoms with Gasteiger partial charge in [0, 0.05) is 26.3 Å². The highest BCUT2D eigenvalue weighted by Crippen LogP contribution is 2.03. The number of aromatic nitrogens is 1. The Labute approximate surface area is 90.1 Å². The van der Waals surface area contributed by atoms with Crippen LogP contribution in [0.4, 0.5) is 0 Å². The van der Waals surface area contributed by atoms with Gasteiger partial charge in [-0.25, -0.2) is 4.98 Å². The average Bonchev–Trinajstić information content (AvgIpc) is 2.62. The van der Waals surface area contributed by atoms with Gasteiger partial charge in [0.2, 0.25) is 5.91 Å². The molecule has 1 aromatic rings. The quantitative estimate of drug-likeness (QED) is 0.729. The molecule has 1 amide bonds. The molecule has 0 unspecified atom stereocenters. The maximum Gasteiger partial charge on any atom is 0.220 e. The van der Waals surface area contributed by atoms with Crippen LogP contribution in [0.5, 0.6) is 0 Å². The zero-order valence-electron chi connectivity index (χ0n) is 9.38.